The van der Waals surface area contributed by atoms with E-state index in [1.165, 1.54) is 24.3 Å². The zero-order valence-electron chi connectivity index (χ0n) is 18.3. The molecule has 1 heterocycles. The molecule has 0 spiro atoms. The van der Waals surface area contributed by atoms with Gasteiger partial charge in [0.05, 0.1) is 17.4 Å². The number of nitrogens with one attached hydrogen (secondary N) is 2. The van der Waals surface area contributed by atoms with Crippen molar-refractivity contribution in [2.45, 2.75) is 45.6 Å². The molecular formula is C22H26N4O5S. The molecule has 9 nitrogen and oxygen atoms in total. The molecule has 32 heavy (non-hydrogen) atoms. The number of benzene rings is 1. The van der Waals surface area contributed by atoms with Gasteiger partial charge in [0.1, 0.15) is 11.9 Å². The van der Waals surface area contributed by atoms with Crippen LogP contribution < -0.4 is 10.0 Å². The number of carbonyl (C=O) groups is 2. The van der Waals surface area contributed by atoms with E-state index >= 15 is 0 Å². The van der Waals surface area contributed by atoms with E-state index in [0.717, 1.165) is 43.2 Å². The number of esters is 1. The van der Waals surface area contributed by atoms with Crippen LogP contribution in [0.1, 0.15) is 58.9 Å². The molecular weight excluding hydrogens is 432 g/mol. The molecule has 0 unspecified atom stereocenters. The highest BCUT2D eigenvalue weighted by Gasteiger charge is 2.27. The summed E-state index contributed by atoms with van der Waals surface area (Å²) in [6.45, 7) is 3.25. The molecule has 2 aromatic rings. The summed E-state index contributed by atoms with van der Waals surface area (Å²) in [7, 11) is -3.49. The van der Waals surface area contributed by atoms with E-state index in [-0.39, 0.29) is 17.3 Å². The summed E-state index contributed by atoms with van der Waals surface area (Å²) in [5, 5.41) is 12.4. The van der Waals surface area contributed by atoms with Gasteiger partial charge < -0.3 is 14.6 Å². The number of nitriles is 1. The molecule has 10 heteroatoms. The summed E-state index contributed by atoms with van der Waals surface area (Å²) in [4.78, 5) is 24.9. The zero-order valence-corrected chi connectivity index (χ0v) is 19.1. The van der Waals surface area contributed by atoms with Crippen LogP contribution in [0, 0.1) is 25.2 Å². The Hall–Kier alpha value is -3.32. The van der Waals surface area contributed by atoms with Crippen LogP contribution in [0.25, 0.3) is 0 Å². The van der Waals surface area contributed by atoms with Crippen LogP contribution in [0.15, 0.2) is 24.3 Å². The average Bonchev–Trinajstić information content (AvgIpc) is 3.32. The van der Waals surface area contributed by atoms with Crippen LogP contribution in [0.3, 0.4) is 0 Å². The summed E-state index contributed by atoms with van der Waals surface area (Å²) >= 11 is 0. The molecule has 1 aliphatic carbocycles. The number of carbonyl (C=O) groups excluding carboxylic acids is 2. The molecule has 0 saturated heterocycles. The topological polar surface area (TPSA) is 130 Å². The zero-order chi connectivity index (χ0) is 23.5. The molecule has 1 saturated carbocycles. The highest BCUT2D eigenvalue weighted by molar-refractivity contribution is 7.92. The van der Waals surface area contributed by atoms with Gasteiger partial charge in [-0.2, -0.15) is 5.26 Å². The number of rotatable bonds is 7. The minimum Gasteiger partial charge on any atom is -0.452 e. The molecule has 1 aliphatic rings. The lowest BCUT2D eigenvalue weighted by molar-refractivity contribution is -0.119. The Morgan fingerprint density at radius 1 is 1.25 bits per heavy atom. The number of anilines is 2. The smallest absolute Gasteiger partial charge is 0.338 e. The Labute approximate surface area is 187 Å². The second kappa shape index (κ2) is 9.44. The van der Waals surface area contributed by atoms with Gasteiger partial charge in [-0.05, 0) is 50.5 Å². The van der Waals surface area contributed by atoms with Gasteiger partial charge in [0.25, 0.3) is 5.91 Å². The van der Waals surface area contributed by atoms with Crippen molar-refractivity contribution in [2.24, 2.45) is 0 Å². The first kappa shape index (κ1) is 23.3. The summed E-state index contributed by atoms with van der Waals surface area (Å²) in [5.41, 5.74) is 2.49. The van der Waals surface area contributed by atoms with Crippen molar-refractivity contribution in [1.82, 2.24) is 4.57 Å². The molecule has 170 valence electrons. The third kappa shape index (κ3) is 5.29. The number of amides is 1. The Bertz CT molecular complexity index is 1190. The first-order valence-electron chi connectivity index (χ1n) is 10.3. The Kier molecular flexibility index (Phi) is 6.89. The van der Waals surface area contributed by atoms with Crippen LogP contribution in [0.2, 0.25) is 0 Å². The molecule has 0 bridgehead atoms. The number of nitrogens with zero attached hydrogens (tertiary/aromatic N) is 2. The van der Waals surface area contributed by atoms with E-state index in [9.17, 15) is 23.3 Å². The van der Waals surface area contributed by atoms with Crippen molar-refractivity contribution in [3.8, 4) is 6.07 Å². The van der Waals surface area contributed by atoms with Crippen molar-refractivity contribution in [1.29, 1.82) is 5.26 Å². The standard InChI is InChI=1S/C22H26N4O5S/c1-14-15(2)26(18-9-4-5-10-18)21(19(14)12-23)24-20(27)13-31-22(28)16-7-6-8-17(11-16)25-32(3,29)30/h6-8,11,18,25H,4-5,9-10,13H2,1-3H3,(H,24,27). The van der Waals surface area contributed by atoms with Gasteiger partial charge in [-0.1, -0.05) is 18.9 Å². The average molecular weight is 459 g/mol. The predicted octanol–water partition coefficient (Wildman–Crippen LogP) is 3.26. The maximum Gasteiger partial charge on any atom is 0.338 e. The van der Waals surface area contributed by atoms with Gasteiger partial charge in [-0.15, -0.1) is 0 Å². The monoisotopic (exact) mass is 458 g/mol. The lowest BCUT2D eigenvalue weighted by Gasteiger charge is -2.19. The fourth-order valence-corrected chi connectivity index (χ4v) is 4.57. The minimum absolute atomic E-state index is 0.102. The quantitative estimate of drug-likeness (QED) is 0.613. The third-order valence-corrected chi connectivity index (χ3v) is 6.16. The maximum absolute atomic E-state index is 12.6. The van der Waals surface area contributed by atoms with Crippen LogP contribution in [-0.4, -0.2) is 37.7 Å². The fraction of sp³-hybridized carbons (Fsp3) is 0.409. The van der Waals surface area contributed by atoms with Crippen molar-refractivity contribution in [3.63, 3.8) is 0 Å². The summed E-state index contributed by atoms with van der Waals surface area (Å²) in [5.74, 6) is -0.886. The predicted molar refractivity (Wildman–Crippen MR) is 120 cm³/mol. The van der Waals surface area contributed by atoms with Gasteiger partial charge in [-0.3, -0.25) is 9.52 Å². The van der Waals surface area contributed by atoms with Crippen molar-refractivity contribution in [2.75, 3.05) is 22.9 Å². The SMILES string of the molecule is Cc1c(C#N)c(NC(=O)COC(=O)c2cccc(NS(C)(=O)=O)c2)n(C2CCCC2)c1C. The second-order valence-electron chi connectivity index (χ2n) is 7.93. The van der Waals surface area contributed by atoms with Crippen LogP contribution in [-0.2, 0) is 19.6 Å². The maximum atomic E-state index is 12.6. The first-order chi connectivity index (χ1) is 15.1. The van der Waals surface area contributed by atoms with Crippen molar-refractivity contribution in [3.05, 3.63) is 46.6 Å². The number of ether oxygens (including phenoxy) is 1. The van der Waals surface area contributed by atoms with Gasteiger partial charge in [0, 0.05) is 17.4 Å². The van der Waals surface area contributed by atoms with Gasteiger partial charge in [0.2, 0.25) is 10.0 Å². The van der Waals surface area contributed by atoms with Crippen molar-refractivity contribution >= 4 is 33.4 Å². The molecule has 1 amide bonds. The molecule has 0 radical (unpaired) electrons. The number of aromatic nitrogens is 1. The third-order valence-electron chi connectivity index (χ3n) is 5.55. The van der Waals surface area contributed by atoms with E-state index < -0.39 is 28.5 Å². The minimum atomic E-state index is -3.49. The molecule has 0 atom stereocenters. The fourth-order valence-electron chi connectivity index (χ4n) is 4.01. The van der Waals surface area contributed by atoms with Crippen LogP contribution >= 0.6 is 0 Å². The molecule has 1 aromatic carbocycles. The molecule has 1 aromatic heterocycles. The second-order valence-corrected chi connectivity index (χ2v) is 9.68. The molecule has 3 rings (SSSR count). The number of hydrogen-bond acceptors (Lipinski definition) is 6. The van der Waals surface area contributed by atoms with Gasteiger partial charge >= 0.3 is 5.97 Å². The lowest BCUT2D eigenvalue weighted by atomic mass is 10.2. The largest absolute Gasteiger partial charge is 0.452 e. The van der Waals surface area contributed by atoms with Crippen LogP contribution in [0.4, 0.5) is 11.5 Å². The summed E-state index contributed by atoms with van der Waals surface area (Å²) < 4.78 is 32.1. The normalized spacial score (nSPS) is 14.1. The van der Waals surface area contributed by atoms with Crippen LogP contribution in [0.5, 0.6) is 0 Å². The van der Waals surface area contributed by atoms with E-state index in [2.05, 4.69) is 16.1 Å². The van der Waals surface area contributed by atoms with E-state index in [1.54, 1.807) is 0 Å². The van der Waals surface area contributed by atoms with E-state index in [1.807, 2.05) is 18.4 Å². The Morgan fingerprint density at radius 2 is 1.94 bits per heavy atom. The highest BCUT2D eigenvalue weighted by atomic mass is 32.2. The number of hydrogen-bond donors (Lipinski definition) is 2. The van der Waals surface area contributed by atoms with E-state index in [4.69, 9.17) is 4.74 Å². The number of sulfonamides is 1. The van der Waals surface area contributed by atoms with Gasteiger partial charge in [0.15, 0.2) is 6.61 Å². The highest BCUT2D eigenvalue weighted by Crippen LogP contribution is 2.37. The summed E-state index contributed by atoms with van der Waals surface area (Å²) in [6.07, 6.45) is 5.16. The molecule has 2 N–H and O–H groups in total. The first-order valence-corrected chi connectivity index (χ1v) is 12.2. The molecule has 1 fully saturated rings. The Morgan fingerprint density at radius 3 is 2.56 bits per heavy atom. The Balaban J connectivity index is 1.71. The lowest BCUT2D eigenvalue weighted by Crippen LogP contribution is -2.24. The molecule has 0 aliphatic heterocycles. The van der Waals surface area contributed by atoms with Crippen molar-refractivity contribution < 1.29 is 22.7 Å². The summed E-state index contributed by atoms with van der Waals surface area (Å²) in [6, 6.07) is 8.17. The van der Waals surface area contributed by atoms with E-state index in [0.29, 0.717) is 11.4 Å². The van der Waals surface area contributed by atoms with Gasteiger partial charge in [-0.25, -0.2) is 13.2 Å².